The number of thioether (sulfide) groups is 1. The van der Waals surface area contributed by atoms with Gasteiger partial charge in [0, 0.05) is 11.6 Å². The molecule has 0 aliphatic heterocycles. The molecular formula is C19H16N6O2S2. The molecule has 2 aromatic carbocycles. The summed E-state index contributed by atoms with van der Waals surface area (Å²) < 4.78 is 1.52. The van der Waals surface area contributed by atoms with Crippen LogP contribution in [0.4, 0.5) is 0 Å². The van der Waals surface area contributed by atoms with E-state index in [9.17, 15) is 9.90 Å². The molecule has 0 spiro atoms. The van der Waals surface area contributed by atoms with E-state index in [2.05, 4.69) is 25.8 Å². The zero-order valence-electron chi connectivity index (χ0n) is 15.0. The Morgan fingerprint density at radius 1 is 1.17 bits per heavy atom. The molecular weight excluding hydrogens is 408 g/mol. The first-order valence-corrected chi connectivity index (χ1v) is 10.5. The zero-order chi connectivity index (χ0) is 20.1. The van der Waals surface area contributed by atoms with Gasteiger partial charge in [0.05, 0.1) is 11.4 Å². The highest BCUT2D eigenvalue weighted by atomic mass is 32.2. The van der Waals surface area contributed by atoms with Crippen LogP contribution in [0.5, 0.6) is 5.75 Å². The number of carbonyl (C=O) groups is 1. The number of benzene rings is 2. The van der Waals surface area contributed by atoms with E-state index in [1.54, 1.807) is 30.5 Å². The second kappa shape index (κ2) is 8.84. The van der Waals surface area contributed by atoms with E-state index < -0.39 is 0 Å². The molecule has 4 aromatic rings. The van der Waals surface area contributed by atoms with Gasteiger partial charge in [0.25, 0.3) is 0 Å². The van der Waals surface area contributed by atoms with Crippen LogP contribution in [0.3, 0.4) is 0 Å². The SMILES string of the molecule is O=C(CSc1nnnn1-c1ccc(O)cc1)NC(c1ccccc1)c1nccs1. The van der Waals surface area contributed by atoms with Crippen molar-refractivity contribution in [2.45, 2.75) is 11.2 Å². The molecule has 0 saturated carbocycles. The van der Waals surface area contributed by atoms with Crippen LogP contribution in [-0.2, 0) is 4.79 Å². The van der Waals surface area contributed by atoms with E-state index in [1.807, 2.05) is 35.7 Å². The summed E-state index contributed by atoms with van der Waals surface area (Å²) in [7, 11) is 0. The van der Waals surface area contributed by atoms with Crippen LogP contribution in [0.15, 0.2) is 71.3 Å². The highest BCUT2D eigenvalue weighted by Gasteiger charge is 2.20. The molecule has 146 valence electrons. The number of amides is 1. The Hall–Kier alpha value is -3.24. The lowest BCUT2D eigenvalue weighted by atomic mass is 10.1. The Bertz CT molecular complexity index is 1070. The molecule has 0 bridgehead atoms. The normalized spacial score (nSPS) is 11.9. The van der Waals surface area contributed by atoms with Gasteiger partial charge in [-0.25, -0.2) is 4.98 Å². The van der Waals surface area contributed by atoms with Crippen molar-refractivity contribution >= 4 is 29.0 Å². The molecule has 29 heavy (non-hydrogen) atoms. The quantitative estimate of drug-likeness (QED) is 0.440. The van der Waals surface area contributed by atoms with E-state index in [1.165, 1.54) is 27.8 Å². The van der Waals surface area contributed by atoms with E-state index >= 15 is 0 Å². The number of rotatable bonds is 7. The zero-order valence-corrected chi connectivity index (χ0v) is 16.7. The first kappa shape index (κ1) is 19.1. The molecule has 4 rings (SSSR count). The van der Waals surface area contributed by atoms with Gasteiger partial charge in [-0.2, -0.15) is 4.68 Å². The summed E-state index contributed by atoms with van der Waals surface area (Å²) in [5.41, 5.74) is 1.66. The van der Waals surface area contributed by atoms with Crippen LogP contribution in [0, 0.1) is 0 Å². The molecule has 1 amide bonds. The number of nitrogens with zero attached hydrogens (tertiary/aromatic N) is 5. The maximum absolute atomic E-state index is 12.6. The first-order chi connectivity index (χ1) is 14.2. The Morgan fingerprint density at radius 3 is 2.69 bits per heavy atom. The Morgan fingerprint density at radius 2 is 1.97 bits per heavy atom. The van der Waals surface area contributed by atoms with Crippen molar-refractivity contribution in [2.24, 2.45) is 0 Å². The number of thiazole rings is 1. The fourth-order valence-electron chi connectivity index (χ4n) is 2.67. The molecule has 1 atom stereocenters. The van der Waals surface area contributed by atoms with Crippen molar-refractivity contribution in [3.05, 3.63) is 76.7 Å². The second-order valence-corrected chi connectivity index (χ2v) is 7.83. The first-order valence-electron chi connectivity index (χ1n) is 8.65. The topological polar surface area (TPSA) is 106 Å². The largest absolute Gasteiger partial charge is 0.508 e. The maximum Gasteiger partial charge on any atom is 0.231 e. The number of phenolic OH excluding ortho intramolecular Hbond substituents is 1. The van der Waals surface area contributed by atoms with Crippen molar-refractivity contribution in [2.75, 3.05) is 5.75 Å². The van der Waals surface area contributed by atoms with Crippen molar-refractivity contribution in [1.29, 1.82) is 0 Å². The van der Waals surface area contributed by atoms with Crippen LogP contribution in [0.25, 0.3) is 5.69 Å². The molecule has 10 heteroatoms. The third-order valence-electron chi connectivity index (χ3n) is 4.00. The average Bonchev–Trinajstić information content (AvgIpc) is 3.44. The second-order valence-electron chi connectivity index (χ2n) is 5.96. The van der Waals surface area contributed by atoms with Crippen LogP contribution < -0.4 is 5.32 Å². The summed E-state index contributed by atoms with van der Waals surface area (Å²) >= 11 is 2.73. The third-order valence-corrected chi connectivity index (χ3v) is 5.76. The summed E-state index contributed by atoms with van der Waals surface area (Å²) in [6, 6.07) is 15.9. The van der Waals surface area contributed by atoms with E-state index in [4.69, 9.17) is 0 Å². The monoisotopic (exact) mass is 424 g/mol. The summed E-state index contributed by atoms with van der Waals surface area (Å²) in [6.45, 7) is 0. The summed E-state index contributed by atoms with van der Waals surface area (Å²) in [5, 5.41) is 27.3. The predicted octanol–water partition coefficient (Wildman–Crippen LogP) is 2.82. The van der Waals surface area contributed by atoms with Crippen molar-refractivity contribution in [3.8, 4) is 11.4 Å². The van der Waals surface area contributed by atoms with Crippen molar-refractivity contribution < 1.29 is 9.90 Å². The lowest BCUT2D eigenvalue weighted by molar-refractivity contribution is -0.119. The minimum atomic E-state index is -0.308. The predicted molar refractivity (Wildman–Crippen MR) is 110 cm³/mol. The van der Waals surface area contributed by atoms with Gasteiger partial charge in [-0.3, -0.25) is 4.79 Å². The number of hydrogen-bond donors (Lipinski definition) is 2. The molecule has 8 nitrogen and oxygen atoms in total. The fourth-order valence-corrected chi connectivity index (χ4v) is 4.08. The number of aromatic hydroxyl groups is 1. The highest BCUT2D eigenvalue weighted by molar-refractivity contribution is 7.99. The summed E-state index contributed by atoms with van der Waals surface area (Å²) in [6.07, 6.45) is 1.72. The molecule has 2 aromatic heterocycles. The van der Waals surface area contributed by atoms with Crippen LogP contribution in [0.1, 0.15) is 16.6 Å². The van der Waals surface area contributed by atoms with E-state index in [0.29, 0.717) is 10.8 Å². The van der Waals surface area contributed by atoms with Crippen LogP contribution in [-0.4, -0.2) is 42.0 Å². The van der Waals surface area contributed by atoms with Crippen molar-refractivity contribution in [1.82, 2.24) is 30.5 Å². The number of nitrogens with one attached hydrogen (secondary N) is 1. The third kappa shape index (κ3) is 4.61. The molecule has 0 fully saturated rings. The number of carbonyl (C=O) groups excluding carboxylic acids is 1. The minimum Gasteiger partial charge on any atom is -0.508 e. The molecule has 0 saturated heterocycles. The van der Waals surface area contributed by atoms with Gasteiger partial charge >= 0.3 is 0 Å². The van der Waals surface area contributed by atoms with Crippen LogP contribution in [0.2, 0.25) is 0 Å². The molecule has 0 aliphatic carbocycles. The van der Waals surface area contributed by atoms with Gasteiger partial charge in [0.2, 0.25) is 11.1 Å². The van der Waals surface area contributed by atoms with Gasteiger partial charge < -0.3 is 10.4 Å². The molecule has 2 heterocycles. The average molecular weight is 425 g/mol. The number of aromatic nitrogens is 5. The van der Waals surface area contributed by atoms with E-state index in [-0.39, 0.29) is 23.5 Å². The minimum absolute atomic E-state index is 0.146. The van der Waals surface area contributed by atoms with Gasteiger partial charge in [0.15, 0.2) is 0 Å². The number of hydrogen-bond acceptors (Lipinski definition) is 8. The smallest absolute Gasteiger partial charge is 0.231 e. The van der Waals surface area contributed by atoms with Gasteiger partial charge in [0.1, 0.15) is 16.8 Å². The summed E-state index contributed by atoms with van der Waals surface area (Å²) in [4.78, 5) is 17.0. The Labute approximate surface area is 174 Å². The lowest BCUT2D eigenvalue weighted by Crippen LogP contribution is -2.30. The van der Waals surface area contributed by atoms with Crippen LogP contribution >= 0.6 is 23.1 Å². The molecule has 1 unspecified atom stereocenters. The standard InChI is InChI=1S/C19H16N6O2S2/c26-15-8-6-14(7-9-15)25-19(22-23-24-25)29-12-16(27)21-17(18-20-10-11-28-18)13-4-2-1-3-5-13/h1-11,17,26H,12H2,(H,21,27). The van der Waals surface area contributed by atoms with Crippen molar-refractivity contribution in [3.63, 3.8) is 0 Å². The van der Waals surface area contributed by atoms with Gasteiger partial charge in [-0.1, -0.05) is 42.1 Å². The summed E-state index contributed by atoms with van der Waals surface area (Å²) in [5.74, 6) is 0.150. The Balaban J connectivity index is 1.45. The highest BCUT2D eigenvalue weighted by Crippen LogP contribution is 2.25. The lowest BCUT2D eigenvalue weighted by Gasteiger charge is -2.17. The molecule has 0 aliphatic rings. The van der Waals surface area contributed by atoms with Gasteiger partial charge in [-0.05, 0) is 40.3 Å². The molecule has 0 radical (unpaired) electrons. The van der Waals surface area contributed by atoms with Gasteiger partial charge in [-0.15, -0.1) is 16.4 Å². The van der Waals surface area contributed by atoms with E-state index in [0.717, 1.165) is 10.6 Å². The molecule has 2 N–H and O–H groups in total. The number of tetrazole rings is 1. The fraction of sp³-hybridized carbons (Fsp3) is 0.105. The Kier molecular flexibility index (Phi) is 5.82. The maximum atomic E-state index is 12.6. The number of phenols is 1.